The number of carbonyl (C=O) groups is 1. The first-order valence-corrected chi connectivity index (χ1v) is 15.7. The van der Waals surface area contributed by atoms with Crippen molar-refractivity contribution in [2.45, 2.75) is 24.0 Å². The number of piperazine rings is 1. The molecule has 0 aliphatic carbocycles. The van der Waals surface area contributed by atoms with Crippen LogP contribution in [0.25, 0.3) is 10.8 Å². The predicted octanol–water partition coefficient (Wildman–Crippen LogP) is 4.13. The molecule has 0 bridgehead atoms. The molecule has 1 aliphatic heterocycles. The minimum atomic E-state index is -3.62. The summed E-state index contributed by atoms with van der Waals surface area (Å²) in [7, 11) is -1.99. The van der Waals surface area contributed by atoms with Crippen LogP contribution in [0.1, 0.15) is 11.1 Å². The zero-order chi connectivity index (χ0) is 29.4. The van der Waals surface area contributed by atoms with E-state index in [2.05, 4.69) is 15.2 Å². The average Bonchev–Trinajstić information content (AvgIpc) is 3.03. The van der Waals surface area contributed by atoms with Crippen LogP contribution in [0.5, 0.6) is 5.75 Å². The van der Waals surface area contributed by atoms with E-state index in [1.165, 1.54) is 0 Å². The van der Waals surface area contributed by atoms with Crippen LogP contribution >= 0.6 is 0 Å². The molecule has 1 N–H and O–H groups in total. The summed E-state index contributed by atoms with van der Waals surface area (Å²) in [6.45, 7) is 3.31. The molecule has 1 amide bonds. The van der Waals surface area contributed by atoms with Crippen LogP contribution in [-0.2, 0) is 27.6 Å². The molecule has 10 heteroatoms. The van der Waals surface area contributed by atoms with E-state index in [0.29, 0.717) is 49.4 Å². The molecular formula is C32H36N4O5S. The molecule has 0 saturated carbocycles. The first-order chi connectivity index (χ1) is 20.4. The number of rotatable bonds is 11. The molecule has 5 rings (SSSR count). The molecule has 1 saturated heterocycles. The van der Waals surface area contributed by atoms with Gasteiger partial charge in [0.05, 0.1) is 12.0 Å². The largest absolute Gasteiger partial charge is 0.497 e. The number of nitrogens with zero attached hydrogens (tertiary/aromatic N) is 3. The first kappa shape index (κ1) is 29.5. The third-order valence-corrected chi connectivity index (χ3v) is 9.07. The van der Waals surface area contributed by atoms with Crippen LogP contribution in [0.3, 0.4) is 0 Å². The molecule has 1 fully saturated rings. The molecule has 42 heavy (non-hydrogen) atoms. The van der Waals surface area contributed by atoms with E-state index >= 15 is 0 Å². The smallest absolute Gasteiger partial charge is 0.410 e. The van der Waals surface area contributed by atoms with Gasteiger partial charge in [0, 0.05) is 61.9 Å². The van der Waals surface area contributed by atoms with E-state index in [9.17, 15) is 13.2 Å². The number of fused-ring (bicyclic) bond motifs is 1. The van der Waals surface area contributed by atoms with E-state index in [4.69, 9.17) is 9.47 Å². The summed E-state index contributed by atoms with van der Waals surface area (Å²) in [5, 5.41) is 4.79. The van der Waals surface area contributed by atoms with Crippen molar-refractivity contribution in [3.8, 4) is 5.75 Å². The number of aromatic nitrogens is 1. The van der Waals surface area contributed by atoms with Crippen molar-refractivity contribution in [1.82, 2.24) is 20.1 Å². The summed E-state index contributed by atoms with van der Waals surface area (Å²) in [6.07, 6.45) is 3.60. The first-order valence-electron chi connectivity index (χ1n) is 14.0. The Kier molecular flexibility index (Phi) is 9.68. The molecule has 2 heterocycles. The molecule has 4 aromatic rings. The number of carbonyl (C=O) groups excluding carboxylic acids is 1. The minimum absolute atomic E-state index is 0.138. The number of hydrogen-bond acceptors (Lipinski definition) is 8. The Labute approximate surface area is 247 Å². The number of hydrogen-bond donors (Lipinski definition) is 1. The maximum absolute atomic E-state index is 13.5. The minimum Gasteiger partial charge on any atom is -0.497 e. The monoisotopic (exact) mass is 588 g/mol. The van der Waals surface area contributed by atoms with Gasteiger partial charge in [-0.25, -0.2) is 13.2 Å². The number of pyridine rings is 1. The maximum Gasteiger partial charge on any atom is 0.410 e. The normalized spacial score (nSPS) is 14.9. The van der Waals surface area contributed by atoms with Crippen LogP contribution in [0.15, 0.2) is 96.2 Å². The van der Waals surface area contributed by atoms with Crippen LogP contribution < -0.4 is 10.1 Å². The molecular weight excluding hydrogens is 552 g/mol. The SMILES string of the molecule is COc1ccc(C[C@@H](CN2CCN(C(=O)OCc3ccccc3)CC2)NCS(=O)(=O)c2cccc3cnccc23)cc1. The lowest BCUT2D eigenvalue weighted by Gasteiger charge is -2.36. The van der Waals surface area contributed by atoms with E-state index in [1.807, 2.05) is 60.7 Å². The molecule has 0 radical (unpaired) electrons. The summed E-state index contributed by atoms with van der Waals surface area (Å²) >= 11 is 0. The fraction of sp³-hybridized carbons (Fsp3) is 0.312. The Bertz CT molecular complexity index is 1570. The molecule has 0 spiro atoms. The van der Waals surface area contributed by atoms with E-state index in [-0.39, 0.29) is 24.6 Å². The summed E-state index contributed by atoms with van der Waals surface area (Å²) in [5.74, 6) is 0.577. The quantitative estimate of drug-likeness (QED) is 0.279. The number of methoxy groups -OCH3 is 1. The summed E-state index contributed by atoms with van der Waals surface area (Å²) in [6, 6.07) is 24.3. The van der Waals surface area contributed by atoms with Crippen LogP contribution in [0, 0.1) is 0 Å². The van der Waals surface area contributed by atoms with E-state index in [1.54, 1.807) is 42.6 Å². The molecule has 3 aromatic carbocycles. The van der Waals surface area contributed by atoms with Crippen molar-refractivity contribution >= 4 is 26.7 Å². The zero-order valence-corrected chi connectivity index (χ0v) is 24.5. The van der Waals surface area contributed by atoms with Crippen molar-refractivity contribution < 1.29 is 22.7 Å². The average molecular weight is 589 g/mol. The summed E-state index contributed by atoms with van der Waals surface area (Å²) in [5.41, 5.74) is 2.03. The van der Waals surface area contributed by atoms with Gasteiger partial charge in [-0.2, -0.15) is 0 Å². The highest BCUT2D eigenvalue weighted by molar-refractivity contribution is 7.91. The summed E-state index contributed by atoms with van der Waals surface area (Å²) in [4.78, 5) is 21.0. The second-order valence-electron chi connectivity index (χ2n) is 10.4. The fourth-order valence-corrected chi connectivity index (χ4v) is 6.57. The highest BCUT2D eigenvalue weighted by Gasteiger charge is 2.26. The van der Waals surface area contributed by atoms with Gasteiger partial charge in [-0.3, -0.25) is 15.2 Å². The fourth-order valence-electron chi connectivity index (χ4n) is 5.15. The third kappa shape index (κ3) is 7.64. The Hall–Kier alpha value is -3.99. The van der Waals surface area contributed by atoms with Gasteiger partial charge in [-0.15, -0.1) is 0 Å². The highest BCUT2D eigenvalue weighted by atomic mass is 32.2. The lowest BCUT2D eigenvalue weighted by Crippen LogP contribution is -2.53. The molecule has 220 valence electrons. The molecule has 1 aliphatic rings. The number of benzene rings is 3. The van der Waals surface area contributed by atoms with Crippen LogP contribution in [-0.4, -0.2) is 81.0 Å². The van der Waals surface area contributed by atoms with Gasteiger partial charge in [0.25, 0.3) is 0 Å². The number of amides is 1. The zero-order valence-electron chi connectivity index (χ0n) is 23.7. The Morgan fingerprint density at radius 3 is 2.43 bits per heavy atom. The molecule has 0 unspecified atom stereocenters. The second-order valence-corrected chi connectivity index (χ2v) is 12.4. The van der Waals surface area contributed by atoms with Crippen molar-refractivity contribution in [2.75, 3.05) is 45.7 Å². The standard InChI is InChI=1S/C32H36N4O5S/c1-40-29-12-10-25(11-13-29)20-28(34-24-42(38,39)31-9-5-8-27-21-33-15-14-30(27)31)22-35-16-18-36(19-17-35)32(37)41-23-26-6-3-2-4-7-26/h2-15,21,28,34H,16-20,22-24H2,1H3/t28-/m0/s1. The van der Waals surface area contributed by atoms with Gasteiger partial charge in [0.1, 0.15) is 18.2 Å². The van der Waals surface area contributed by atoms with Gasteiger partial charge in [0.15, 0.2) is 9.84 Å². The van der Waals surface area contributed by atoms with Crippen molar-refractivity contribution in [3.63, 3.8) is 0 Å². The third-order valence-electron chi connectivity index (χ3n) is 7.49. The maximum atomic E-state index is 13.5. The van der Waals surface area contributed by atoms with Gasteiger partial charge < -0.3 is 14.4 Å². The topological polar surface area (TPSA) is 101 Å². The number of ether oxygens (including phenoxy) is 2. The van der Waals surface area contributed by atoms with Crippen molar-refractivity contribution in [3.05, 3.63) is 102 Å². The molecule has 9 nitrogen and oxygen atoms in total. The lowest BCUT2D eigenvalue weighted by atomic mass is 10.0. The Morgan fingerprint density at radius 1 is 0.929 bits per heavy atom. The van der Waals surface area contributed by atoms with Gasteiger partial charge in [-0.05, 0) is 41.8 Å². The Balaban J connectivity index is 1.22. The lowest BCUT2D eigenvalue weighted by molar-refractivity contribution is 0.0695. The van der Waals surface area contributed by atoms with Crippen molar-refractivity contribution in [1.29, 1.82) is 0 Å². The number of nitrogens with one attached hydrogen (secondary N) is 1. The summed E-state index contributed by atoms with van der Waals surface area (Å²) < 4.78 is 37.8. The van der Waals surface area contributed by atoms with Crippen molar-refractivity contribution in [2.24, 2.45) is 0 Å². The predicted molar refractivity (Wildman–Crippen MR) is 162 cm³/mol. The van der Waals surface area contributed by atoms with Gasteiger partial charge >= 0.3 is 6.09 Å². The highest BCUT2D eigenvalue weighted by Crippen LogP contribution is 2.23. The van der Waals surface area contributed by atoms with E-state index < -0.39 is 9.84 Å². The van der Waals surface area contributed by atoms with E-state index in [0.717, 1.165) is 22.3 Å². The Morgan fingerprint density at radius 2 is 1.69 bits per heavy atom. The van der Waals surface area contributed by atoms with Crippen LogP contribution in [0.2, 0.25) is 0 Å². The van der Waals surface area contributed by atoms with Crippen LogP contribution in [0.4, 0.5) is 4.79 Å². The molecule has 1 aromatic heterocycles. The number of sulfone groups is 1. The van der Waals surface area contributed by atoms with Gasteiger partial charge in [0.2, 0.25) is 0 Å². The second kappa shape index (κ2) is 13.8. The molecule has 1 atom stereocenters. The van der Waals surface area contributed by atoms with Gasteiger partial charge in [-0.1, -0.05) is 54.6 Å².